The Morgan fingerprint density at radius 3 is 2.76 bits per heavy atom. The van der Waals surface area contributed by atoms with E-state index in [4.69, 9.17) is 0 Å². The van der Waals surface area contributed by atoms with E-state index < -0.39 is 0 Å². The summed E-state index contributed by atoms with van der Waals surface area (Å²) in [6.45, 7) is 2.20. The number of nitrogens with zero attached hydrogens (tertiary/aromatic N) is 1. The summed E-state index contributed by atoms with van der Waals surface area (Å²) in [6, 6.07) is 6.94. The monoisotopic (exact) mass is 291 g/mol. The normalized spacial score (nSPS) is 25.7. The maximum absolute atomic E-state index is 11.0. The van der Waals surface area contributed by atoms with Crippen LogP contribution in [0.25, 0.3) is 0 Å². The number of benzene rings is 1. The first-order valence-electron chi connectivity index (χ1n) is 8.02. The summed E-state index contributed by atoms with van der Waals surface area (Å²) in [4.78, 5) is 10.7. The van der Waals surface area contributed by atoms with Gasteiger partial charge < -0.3 is 5.11 Å². The Morgan fingerprint density at radius 2 is 2.05 bits per heavy atom. The van der Waals surface area contributed by atoms with Crippen molar-refractivity contribution < 1.29 is 10.0 Å². The van der Waals surface area contributed by atoms with Gasteiger partial charge in [-0.3, -0.25) is 10.1 Å². The van der Waals surface area contributed by atoms with Gasteiger partial charge in [0.2, 0.25) is 0 Å². The molecular formula is C17H25NO3. The van der Waals surface area contributed by atoms with Gasteiger partial charge in [0, 0.05) is 11.6 Å². The van der Waals surface area contributed by atoms with E-state index in [1.807, 2.05) is 12.1 Å². The summed E-state index contributed by atoms with van der Waals surface area (Å²) in [7, 11) is 0. The number of nitro benzene ring substituents is 1. The maximum Gasteiger partial charge on any atom is 0.272 e. The van der Waals surface area contributed by atoms with E-state index in [2.05, 4.69) is 6.92 Å². The molecule has 0 bridgehead atoms. The first-order valence-corrected chi connectivity index (χ1v) is 8.02. The third-order valence-electron chi connectivity index (χ3n) is 4.72. The molecule has 1 fully saturated rings. The van der Waals surface area contributed by atoms with Crippen molar-refractivity contribution in [1.29, 1.82) is 0 Å². The van der Waals surface area contributed by atoms with Crippen LogP contribution >= 0.6 is 0 Å². The predicted molar refractivity (Wildman–Crippen MR) is 83.2 cm³/mol. The van der Waals surface area contributed by atoms with Crippen molar-refractivity contribution in [2.75, 3.05) is 0 Å². The van der Waals surface area contributed by atoms with Gasteiger partial charge in [0.25, 0.3) is 5.69 Å². The molecule has 1 aliphatic rings. The van der Waals surface area contributed by atoms with Crippen LogP contribution in [0.4, 0.5) is 5.69 Å². The van der Waals surface area contributed by atoms with E-state index in [0.717, 1.165) is 31.2 Å². The molecule has 0 heterocycles. The van der Waals surface area contributed by atoms with Gasteiger partial charge in [0.15, 0.2) is 0 Å². The van der Waals surface area contributed by atoms with E-state index in [-0.39, 0.29) is 22.6 Å². The highest BCUT2D eigenvalue weighted by Crippen LogP contribution is 2.35. The van der Waals surface area contributed by atoms with Crippen molar-refractivity contribution in [3.63, 3.8) is 0 Å². The molecule has 1 N–H and O–H groups in total. The molecule has 4 nitrogen and oxygen atoms in total. The average Bonchev–Trinajstić information content (AvgIpc) is 2.48. The van der Waals surface area contributed by atoms with Crippen LogP contribution in [-0.4, -0.2) is 16.1 Å². The van der Waals surface area contributed by atoms with Gasteiger partial charge in [-0.25, -0.2) is 0 Å². The van der Waals surface area contributed by atoms with Gasteiger partial charge in [-0.1, -0.05) is 38.0 Å². The standard InChI is InChI=1S/C17H25NO3/c1-2-5-13-8-11-17(19)15(12-13)10-9-14-6-3-4-7-16(14)18(20)21/h3-4,6-7,13,15,17,19H,2,5,8-12H2,1H3. The lowest BCUT2D eigenvalue weighted by Crippen LogP contribution is -2.29. The Hall–Kier alpha value is -1.42. The first-order chi connectivity index (χ1) is 10.1. The molecule has 21 heavy (non-hydrogen) atoms. The van der Waals surface area contributed by atoms with E-state index >= 15 is 0 Å². The maximum atomic E-state index is 11.0. The van der Waals surface area contributed by atoms with Crippen molar-refractivity contribution in [2.45, 2.75) is 58.0 Å². The molecule has 4 heteroatoms. The van der Waals surface area contributed by atoms with Gasteiger partial charge in [0.1, 0.15) is 0 Å². The Morgan fingerprint density at radius 1 is 1.29 bits per heavy atom. The SMILES string of the molecule is CCCC1CCC(O)C(CCc2ccccc2[N+](=O)[O-])C1. The summed E-state index contributed by atoms with van der Waals surface area (Å²) in [5.74, 6) is 1.00. The number of rotatable bonds is 6. The zero-order valence-corrected chi connectivity index (χ0v) is 12.7. The van der Waals surface area contributed by atoms with Gasteiger partial charge in [-0.15, -0.1) is 0 Å². The summed E-state index contributed by atoms with van der Waals surface area (Å²) < 4.78 is 0. The summed E-state index contributed by atoms with van der Waals surface area (Å²) in [5.41, 5.74) is 0.986. The lowest BCUT2D eigenvalue weighted by molar-refractivity contribution is -0.385. The predicted octanol–water partition coefficient (Wildman–Crippen LogP) is 4.10. The van der Waals surface area contributed by atoms with Gasteiger partial charge in [-0.2, -0.15) is 0 Å². The average molecular weight is 291 g/mol. The topological polar surface area (TPSA) is 63.4 Å². The number of hydrogen-bond donors (Lipinski definition) is 1. The van der Waals surface area contributed by atoms with E-state index in [9.17, 15) is 15.2 Å². The van der Waals surface area contributed by atoms with Crippen LogP contribution in [-0.2, 0) is 6.42 Å². The lowest BCUT2D eigenvalue weighted by Gasteiger charge is -2.33. The molecule has 1 saturated carbocycles. The number of para-hydroxylation sites is 1. The summed E-state index contributed by atoms with van der Waals surface area (Å²) >= 11 is 0. The van der Waals surface area contributed by atoms with Gasteiger partial charge in [0.05, 0.1) is 11.0 Å². The van der Waals surface area contributed by atoms with E-state index in [1.54, 1.807) is 12.1 Å². The van der Waals surface area contributed by atoms with Crippen LogP contribution in [0.2, 0.25) is 0 Å². The zero-order valence-electron chi connectivity index (χ0n) is 12.7. The Bertz CT molecular complexity index is 475. The van der Waals surface area contributed by atoms with Crippen LogP contribution < -0.4 is 0 Å². The second kappa shape index (κ2) is 7.55. The molecule has 1 aliphatic carbocycles. The molecular weight excluding hydrogens is 266 g/mol. The molecule has 0 saturated heterocycles. The molecule has 2 rings (SSSR count). The van der Waals surface area contributed by atoms with Crippen molar-refractivity contribution in [2.24, 2.45) is 11.8 Å². The molecule has 3 unspecified atom stereocenters. The number of aryl methyl sites for hydroxylation is 1. The van der Waals surface area contributed by atoms with Crippen LogP contribution in [0.3, 0.4) is 0 Å². The zero-order chi connectivity index (χ0) is 15.2. The molecule has 0 spiro atoms. The van der Waals surface area contributed by atoms with E-state index in [0.29, 0.717) is 12.3 Å². The quantitative estimate of drug-likeness (QED) is 0.634. The van der Waals surface area contributed by atoms with Crippen molar-refractivity contribution in [3.05, 3.63) is 39.9 Å². The first kappa shape index (κ1) is 16.0. The molecule has 1 aromatic rings. The van der Waals surface area contributed by atoms with Gasteiger partial charge >= 0.3 is 0 Å². The molecule has 0 aromatic heterocycles. The van der Waals surface area contributed by atoms with Crippen molar-refractivity contribution >= 4 is 5.69 Å². The fourth-order valence-corrected chi connectivity index (χ4v) is 3.57. The Balaban J connectivity index is 1.97. The van der Waals surface area contributed by atoms with Crippen molar-refractivity contribution in [1.82, 2.24) is 0 Å². The minimum Gasteiger partial charge on any atom is -0.393 e. The van der Waals surface area contributed by atoms with Crippen LogP contribution in [0, 0.1) is 22.0 Å². The van der Waals surface area contributed by atoms with Crippen LogP contribution in [0.1, 0.15) is 51.0 Å². The van der Waals surface area contributed by atoms with Crippen LogP contribution in [0.5, 0.6) is 0 Å². The lowest BCUT2D eigenvalue weighted by atomic mass is 9.75. The Labute approximate surface area is 126 Å². The highest BCUT2D eigenvalue weighted by Gasteiger charge is 2.28. The third-order valence-corrected chi connectivity index (χ3v) is 4.72. The second-order valence-electron chi connectivity index (χ2n) is 6.22. The molecule has 0 radical (unpaired) electrons. The summed E-state index contributed by atoms with van der Waals surface area (Å²) in [6.07, 6.45) is 6.77. The smallest absolute Gasteiger partial charge is 0.272 e. The third kappa shape index (κ3) is 4.27. The number of aliphatic hydroxyl groups excluding tert-OH is 1. The molecule has 116 valence electrons. The van der Waals surface area contributed by atoms with Gasteiger partial charge in [-0.05, 0) is 43.9 Å². The van der Waals surface area contributed by atoms with Crippen molar-refractivity contribution in [3.8, 4) is 0 Å². The number of aliphatic hydroxyl groups is 1. The fraction of sp³-hybridized carbons (Fsp3) is 0.647. The van der Waals surface area contributed by atoms with Crippen LogP contribution in [0.15, 0.2) is 24.3 Å². The number of nitro groups is 1. The molecule has 0 amide bonds. The second-order valence-corrected chi connectivity index (χ2v) is 6.22. The summed E-state index contributed by atoms with van der Waals surface area (Å²) in [5, 5.41) is 21.2. The number of hydrogen-bond acceptors (Lipinski definition) is 3. The highest BCUT2D eigenvalue weighted by molar-refractivity contribution is 5.39. The minimum absolute atomic E-state index is 0.202. The molecule has 0 aliphatic heterocycles. The van der Waals surface area contributed by atoms with E-state index in [1.165, 1.54) is 12.8 Å². The minimum atomic E-state index is -0.313. The molecule has 3 atom stereocenters. The Kier molecular flexibility index (Phi) is 5.74. The fourth-order valence-electron chi connectivity index (χ4n) is 3.57. The highest BCUT2D eigenvalue weighted by atomic mass is 16.6. The molecule has 1 aromatic carbocycles. The largest absolute Gasteiger partial charge is 0.393 e.